The zero-order chi connectivity index (χ0) is 13.2. The molecule has 3 aromatic rings. The molecule has 19 heavy (non-hydrogen) atoms. The first-order valence-corrected chi connectivity index (χ1v) is 6.54. The molecule has 2 heterocycles. The second-order valence-electron chi connectivity index (χ2n) is 4.06. The van der Waals surface area contributed by atoms with Crippen molar-refractivity contribution in [1.29, 1.82) is 0 Å². The third-order valence-electron chi connectivity index (χ3n) is 2.58. The van der Waals surface area contributed by atoms with Crippen molar-refractivity contribution in [3.05, 3.63) is 35.3 Å². The lowest BCUT2D eigenvalue weighted by Gasteiger charge is -2.02. The number of rotatable bonds is 3. The van der Waals surface area contributed by atoms with Crippen LogP contribution in [-0.4, -0.2) is 25.9 Å². The molecule has 0 saturated carbocycles. The van der Waals surface area contributed by atoms with Crippen LogP contribution in [0.15, 0.2) is 30.5 Å². The summed E-state index contributed by atoms with van der Waals surface area (Å²) in [6.45, 7) is 2.07. The molecule has 0 saturated heterocycles. The summed E-state index contributed by atoms with van der Waals surface area (Å²) in [5.41, 5.74) is 1.62. The summed E-state index contributed by atoms with van der Waals surface area (Å²) in [5.74, 6) is -0.162. The highest BCUT2D eigenvalue weighted by Gasteiger charge is 2.09. The van der Waals surface area contributed by atoms with Crippen LogP contribution in [0.25, 0.3) is 11.0 Å². The van der Waals surface area contributed by atoms with E-state index in [9.17, 15) is 4.79 Å². The highest BCUT2D eigenvalue weighted by atomic mass is 32.1. The molecule has 0 unspecified atom stereocenters. The minimum absolute atomic E-state index is 0.124. The molecule has 1 amide bonds. The van der Waals surface area contributed by atoms with Gasteiger partial charge >= 0.3 is 0 Å². The lowest BCUT2D eigenvalue weighted by molar-refractivity contribution is -0.116. The van der Waals surface area contributed by atoms with E-state index in [0.717, 1.165) is 15.9 Å². The van der Waals surface area contributed by atoms with Gasteiger partial charge in [0.05, 0.1) is 5.52 Å². The average Bonchev–Trinajstić information content (AvgIpc) is 2.97. The summed E-state index contributed by atoms with van der Waals surface area (Å²) in [5, 5.41) is 11.3. The molecule has 0 radical (unpaired) electrons. The molecule has 6 nitrogen and oxygen atoms in total. The number of hydrogen-bond acceptors (Lipinski definition) is 5. The summed E-state index contributed by atoms with van der Waals surface area (Å²) in [6, 6.07) is 7.53. The normalized spacial score (nSPS) is 10.8. The molecule has 3 rings (SSSR count). The van der Waals surface area contributed by atoms with E-state index >= 15 is 0 Å². The zero-order valence-corrected chi connectivity index (χ0v) is 11.0. The first-order chi connectivity index (χ1) is 9.22. The van der Waals surface area contributed by atoms with Crippen molar-refractivity contribution in [3.63, 3.8) is 0 Å². The number of nitrogens with one attached hydrogen (secondary N) is 1. The number of amides is 1. The summed E-state index contributed by atoms with van der Waals surface area (Å²) < 4.78 is 1.57. The van der Waals surface area contributed by atoms with Crippen LogP contribution < -0.4 is 5.32 Å². The number of benzene rings is 1. The second-order valence-corrected chi connectivity index (χ2v) is 5.29. The minimum Gasteiger partial charge on any atom is -0.300 e. The van der Waals surface area contributed by atoms with Gasteiger partial charge in [0.25, 0.3) is 0 Å². The molecule has 1 aromatic carbocycles. The van der Waals surface area contributed by atoms with Crippen molar-refractivity contribution in [2.24, 2.45) is 0 Å². The number of nitrogens with zero attached hydrogens (tertiary/aromatic N) is 4. The molecule has 0 fully saturated rings. The molecule has 0 aliphatic carbocycles. The summed E-state index contributed by atoms with van der Waals surface area (Å²) in [7, 11) is 0. The predicted octanol–water partition coefficient (Wildman–Crippen LogP) is 1.83. The maximum absolute atomic E-state index is 11.9. The number of fused-ring (bicyclic) bond motifs is 1. The van der Waals surface area contributed by atoms with Crippen molar-refractivity contribution in [1.82, 2.24) is 20.0 Å². The van der Waals surface area contributed by atoms with E-state index in [2.05, 4.69) is 20.6 Å². The zero-order valence-electron chi connectivity index (χ0n) is 10.2. The predicted molar refractivity (Wildman–Crippen MR) is 73.0 cm³/mol. The molecule has 1 N–H and O–H groups in total. The van der Waals surface area contributed by atoms with Crippen molar-refractivity contribution in [2.75, 3.05) is 5.32 Å². The SMILES string of the molecule is Cc1cnc(NC(=O)Cn2nnc3ccccc32)s1. The molecule has 7 heteroatoms. The van der Waals surface area contributed by atoms with Crippen LogP contribution in [0.3, 0.4) is 0 Å². The Morgan fingerprint density at radius 1 is 1.42 bits per heavy atom. The van der Waals surface area contributed by atoms with Gasteiger partial charge in [-0.1, -0.05) is 17.3 Å². The van der Waals surface area contributed by atoms with Crippen LogP contribution in [0.5, 0.6) is 0 Å². The highest BCUT2D eigenvalue weighted by Crippen LogP contribution is 2.16. The van der Waals surface area contributed by atoms with Gasteiger partial charge in [-0.15, -0.1) is 16.4 Å². The Labute approximate surface area is 113 Å². The Bertz CT molecular complexity index is 732. The number of aromatic nitrogens is 4. The van der Waals surface area contributed by atoms with Gasteiger partial charge in [0.2, 0.25) is 5.91 Å². The van der Waals surface area contributed by atoms with Gasteiger partial charge in [-0.2, -0.15) is 0 Å². The average molecular weight is 273 g/mol. The Morgan fingerprint density at radius 2 is 2.26 bits per heavy atom. The summed E-state index contributed by atoms with van der Waals surface area (Å²) >= 11 is 1.44. The van der Waals surface area contributed by atoms with Gasteiger partial charge < -0.3 is 5.32 Å². The standard InChI is InChI=1S/C12H11N5OS/c1-8-6-13-12(19-8)14-11(18)7-17-10-5-3-2-4-9(10)15-16-17/h2-6H,7H2,1H3,(H,13,14,18). The third kappa shape index (κ3) is 2.45. The van der Waals surface area contributed by atoms with E-state index in [1.54, 1.807) is 10.9 Å². The number of anilines is 1. The highest BCUT2D eigenvalue weighted by molar-refractivity contribution is 7.15. The van der Waals surface area contributed by atoms with Gasteiger partial charge in [-0.25, -0.2) is 9.67 Å². The van der Waals surface area contributed by atoms with E-state index in [4.69, 9.17) is 0 Å². The molecule has 2 aromatic heterocycles. The number of carbonyl (C=O) groups is 1. The quantitative estimate of drug-likeness (QED) is 0.790. The molecular formula is C12H11N5OS. The fourth-order valence-corrected chi connectivity index (χ4v) is 2.42. The Kier molecular flexibility index (Phi) is 2.96. The van der Waals surface area contributed by atoms with Gasteiger partial charge in [-0.05, 0) is 19.1 Å². The second kappa shape index (κ2) is 4.77. The molecule has 96 valence electrons. The Hall–Kier alpha value is -2.28. The monoisotopic (exact) mass is 273 g/mol. The Balaban J connectivity index is 1.76. The number of thiazole rings is 1. The van der Waals surface area contributed by atoms with E-state index in [-0.39, 0.29) is 12.5 Å². The van der Waals surface area contributed by atoms with E-state index in [1.165, 1.54) is 11.3 Å². The first kappa shape index (κ1) is 11.8. The largest absolute Gasteiger partial charge is 0.300 e. The lowest BCUT2D eigenvalue weighted by atomic mass is 10.3. The van der Waals surface area contributed by atoms with Gasteiger partial charge in [0.1, 0.15) is 12.1 Å². The van der Waals surface area contributed by atoms with Crippen LogP contribution in [0.1, 0.15) is 4.88 Å². The number of aryl methyl sites for hydroxylation is 1. The van der Waals surface area contributed by atoms with Crippen LogP contribution in [0.4, 0.5) is 5.13 Å². The van der Waals surface area contributed by atoms with Crippen LogP contribution in [0.2, 0.25) is 0 Å². The fraction of sp³-hybridized carbons (Fsp3) is 0.167. The maximum Gasteiger partial charge on any atom is 0.247 e. The van der Waals surface area contributed by atoms with Crippen molar-refractivity contribution >= 4 is 33.4 Å². The number of para-hydroxylation sites is 1. The third-order valence-corrected chi connectivity index (χ3v) is 3.41. The molecule has 0 atom stereocenters. The van der Waals surface area contributed by atoms with Crippen molar-refractivity contribution < 1.29 is 4.79 Å². The molecular weight excluding hydrogens is 262 g/mol. The summed E-state index contributed by atoms with van der Waals surface area (Å²) in [6.07, 6.45) is 1.73. The number of carbonyl (C=O) groups excluding carboxylic acids is 1. The van der Waals surface area contributed by atoms with Crippen molar-refractivity contribution in [3.8, 4) is 0 Å². The molecule has 0 spiro atoms. The first-order valence-electron chi connectivity index (χ1n) is 5.73. The number of hydrogen-bond donors (Lipinski definition) is 1. The van der Waals surface area contributed by atoms with E-state index in [1.807, 2.05) is 31.2 Å². The topological polar surface area (TPSA) is 72.7 Å². The fourth-order valence-electron chi connectivity index (χ4n) is 1.74. The van der Waals surface area contributed by atoms with Gasteiger partial charge in [-0.3, -0.25) is 4.79 Å². The molecule has 0 aliphatic rings. The van der Waals surface area contributed by atoms with Crippen LogP contribution in [0, 0.1) is 6.92 Å². The molecule has 0 bridgehead atoms. The van der Waals surface area contributed by atoms with Crippen molar-refractivity contribution in [2.45, 2.75) is 13.5 Å². The van der Waals surface area contributed by atoms with Gasteiger partial charge in [0, 0.05) is 11.1 Å². The maximum atomic E-state index is 11.9. The molecule has 0 aliphatic heterocycles. The van der Waals surface area contributed by atoms with E-state index < -0.39 is 0 Å². The summed E-state index contributed by atoms with van der Waals surface area (Å²) in [4.78, 5) is 17.0. The van der Waals surface area contributed by atoms with Crippen LogP contribution in [-0.2, 0) is 11.3 Å². The van der Waals surface area contributed by atoms with Gasteiger partial charge in [0.15, 0.2) is 5.13 Å². The van der Waals surface area contributed by atoms with E-state index in [0.29, 0.717) is 5.13 Å². The Morgan fingerprint density at radius 3 is 3.05 bits per heavy atom. The smallest absolute Gasteiger partial charge is 0.247 e. The minimum atomic E-state index is -0.162. The lowest BCUT2D eigenvalue weighted by Crippen LogP contribution is -2.19. The van der Waals surface area contributed by atoms with Crippen LogP contribution >= 0.6 is 11.3 Å².